The molecule has 2 nitrogen and oxygen atoms in total. The Kier molecular flexibility index (Phi) is 2.95. The highest BCUT2D eigenvalue weighted by molar-refractivity contribution is 5.75. The molecule has 0 amide bonds. The Morgan fingerprint density at radius 3 is 2.50 bits per heavy atom. The molecule has 4 aliphatic carbocycles. The zero-order valence-corrected chi connectivity index (χ0v) is 14.5. The van der Waals surface area contributed by atoms with Crippen molar-refractivity contribution >= 4 is 5.97 Å². The van der Waals surface area contributed by atoms with E-state index < -0.39 is 0 Å². The lowest BCUT2D eigenvalue weighted by Gasteiger charge is -2.53. The number of fused-ring (bicyclic) bond motifs is 4. The molecule has 4 aliphatic rings. The number of ether oxygens (including phenoxy) is 1. The molecule has 22 heavy (non-hydrogen) atoms. The monoisotopic (exact) mass is 302 g/mol. The first kappa shape index (κ1) is 14.8. The van der Waals surface area contributed by atoms with Crippen molar-refractivity contribution in [3.8, 4) is 0 Å². The van der Waals surface area contributed by atoms with Crippen molar-refractivity contribution in [1.82, 2.24) is 0 Å². The van der Waals surface area contributed by atoms with Crippen LogP contribution in [0.5, 0.6) is 0 Å². The van der Waals surface area contributed by atoms with Crippen LogP contribution < -0.4 is 0 Å². The van der Waals surface area contributed by atoms with Crippen LogP contribution in [0, 0.1) is 34.5 Å². The number of allylic oxidation sites excluding steroid dienone is 2. The van der Waals surface area contributed by atoms with Crippen molar-refractivity contribution in [2.45, 2.75) is 71.8 Å². The average molecular weight is 302 g/mol. The summed E-state index contributed by atoms with van der Waals surface area (Å²) in [5.74, 6) is 2.01. The number of hydrogen-bond acceptors (Lipinski definition) is 2. The molecule has 0 aromatic rings. The molecule has 0 aliphatic heterocycles. The van der Waals surface area contributed by atoms with Gasteiger partial charge in [0.05, 0.1) is 5.92 Å². The molecule has 0 heterocycles. The molecule has 0 N–H and O–H groups in total. The van der Waals surface area contributed by atoms with Gasteiger partial charge in [0.1, 0.15) is 5.60 Å². The van der Waals surface area contributed by atoms with Crippen molar-refractivity contribution in [2.75, 3.05) is 0 Å². The topological polar surface area (TPSA) is 26.3 Å². The molecule has 3 fully saturated rings. The van der Waals surface area contributed by atoms with E-state index in [9.17, 15) is 4.79 Å². The molecule has 0 radical (unpaired) electrons. The lowest BCUT2D eigenvalue weighted by molar-refractivity contribution is -0.205. The lowest BCUT2D eigenvalue weighted by Crippen LogP contribution is -2.57. The summed E-state index contributed by atoms with van der Waals surface area (Å²) in [4.78, 5) is 13.0. The van der Waals surface area contributed by atoms with Crippen LogP contribution in [0.25, 0.3) is 0 Å². The van der Waals surface area contributed by atoms with Crippen molar-refractivity contribution in [3.05, 3.63) is 12.2 Å². The van der Waals surface area contributed by atoms with Gasteiger partial charge < -0.3 is 4.74 Å². The molecule has 0 saturated heterocycles. The summed E-state index contributed by atoms with van der Waals surface area (Å²) in [5, 5.41) is 0. The average Bonchev–Trinajstić information content (AvgIpc) is 3.20. The summed E-state index contributed by atoms with van der Waals surface area (Å²) < 4.78 is 6.46. The summed E-state index contributed by atoms with van der Waals surface area (Å²) in [6.07, 6.45) is 11.5. The number of hydrogen-bond donors (Lipinski definition) is 0. The van der Waals surface area contributed by atoms with Crippen LogP contribution in [-0.2, 0) is 9.53 Å². The van der Waals surface area contributed by atoms with Gasteiger partial charge in [-0.05, 0) is 56.3 Å². The third-order valence-corrected chi connectivity index (χ3v) is 8.13. The number of carbonyl (C=O) groups excluding carboxylic acids is 1. The molecule has 6 atom stereocenters. The van der Waals surface area contributed by atoms with Crippen molar-refractivity contribution in [2.24, 2.45) is 34.5 Å². The molecule has 4 bridgehead atoms. The van der Waals surface area contributed by atoms with Gasteiger partial charge in [-0.25, -0.2) is 0 Å². The maximum Gasteiger partial charge on any atom is 0.310 e. The number of esters is 1. The molecule has 0 aromatic carbocycles. The Labute approximate surface area is 134 Å². The minimum absolute atomic E-state index is 0.0977. The van der Waals surface area contributed by atoms with Gasteiger partial charge in [0, 0.05) is 10.8 Å². The van der Waals surface area contributed by atoms with E-state index in [1.807, 2.05) is 0 Å². The van der Waals surface area contributed by atoms with Crippen LogP contribution >= 0.6 is 0 Å². The van der Waals surface area contributed by atoms with E-state index in [0.717, 1.165) is 12.8 Å². The Hall–Kier alpha value is -0.790. The molecule has 6 unspecified atom stereocenters. The van der Waals surface area contributed by atoms with Gasteiger partial charge in [-0.1, -0.05) is 39.8 Å². The van der Waals surface area contributed by atoms with Crippen molar-refractivity contribution in [3.63, 3.8) is 0 Å². The number of rotatable bonds is 3. The summed E-state index contributed by atoms with van der Waals surface area (Å²) in [7, 11) is 0. The predicted octanol–water partition coefficient (Wildman–Crippen LogP) is 4.74. The SMILES string of the molecule is CCC1(OC(=O)C2CC3C=CC2C3)C2(C)CCC(C2)C1(C)C. The third-order valence-electron chi connectivity index (χ3n) is 8.13. The fourth-order valence-corrected chi connectivity index (χ4v) is 6.84. The van der Waals surface area contributed by atoms with Gasteiger partial charge in [-0.2, -0.15) is 0 Å². The van der Waals surface area contributed by atoms with Crippen molar-refractivity contribution in [1.29, 1.82) is 0 Å². The standard InChI is InChI=1S/C20H30O2/c1-5-20(18(2,3)15-8-9-19(20,4)12-15)22-17(21)16-11-13-6-7-14(16)10-13/h6-7,13-16H,5,8-12H2,1-4H3. The van der Waals surface area contributed by atoms with Crippen LogP contribution in [0.15, 0.2) is 12.2 Å². The molecular formula is C20H30O2. The van der Waals surface area contributed by atoms with E-state index in [4.69, 9.17) is 4.74 Å². The zero-order chi connectivity index (χ0) is 15.8. The van der Waals surface area contributed by atoms with Gasteiger partial charge in [0.25, 0.3) is 0 Å². The highest BCUT2D eigenvalue weighted by Crippen LogP contribution is 2.70. The minimum Gasteiger partial charge on any atom is -0.458 e. The van der Waals surface area contributed by atoms with E-state index in [2.05, 4.69) is 39.8 Å². The molecule has 0 aromatic heterocycles. The normalized spacial score (nSPS) is 50.7. The Balaban J connectivity index is 1.62. The first-order chi connectivity index (χ1) is 10.3. The summed E-state index contributed by atoms with van der Waals surface area (Å²) in [6, 6.07) is 0. The summed E-state index contributed by atoms with van der Waals surface area (Å²) in [6.45, 7) is 9.29. The van der Waals surface area contributed by atoms with Crippen LogP contribution in [-0.4, -0.2) is 11.6 Å². The van der Waals surface area contributed by atoms with Gasteiger partial charge in [0.2, 0.25) is 0 Å². The molecule has 3 saturated carbocycles. The lowest BCUT2D eigenvalue weighted by atomic mass is 9.59. The van der Waals surface area contributed by atoms with Gasteiger partial charge in [-0.15, -0.1) is 0 Å². The van der Waals surface area contributed by atoms with Crippen LogP contribution in [0.2, 0.25) is 0 Å². The maximum absolute atomic E-state index is 13.0. The fraction of sp³-hybridized carbons (Fsp3) is 0.850. The highest BCUT2D eigenvalue weighted by Gasteiger charge is 2.70. The predicted molar refractivity (Wildman–Crippen MR) is 87.2 cm³/mol. The van der Waals surface area contributed by atoms with E-state index in [1.54, 1.807) is 0 Å². The fourth-order valence-electron chi connectivity index (χ4n) is 6.84. The third kappa shape index (κ3) is 1.59. The quantitative estimate of drug-likeness (QED) is 0.556. The van der Waals surface area contributed by atoms with Crippen LogP contribution in [0.4, 0.5) is 0 Å². The molecule has 4 rings (SSSR count). The van der Waals surface area contributed by atoms with Crippen LogP contribution in [0.1, 0.15) is 66.2 Å². The maximum atomic E-state index is 13.0. The minimum atomic E-state index is -0.258. The van der Waals surface area contributed by atoms with E-state index in [-0.39, 0.29) is 28.3 Å². The first-order valence-electron chi connectivity index (χ1n) is 9.24. The highest BCUT2D eigenvalue weighted by atomic mass is 16.6. The molecule has 2 heteroatoms. The largest absolute Gasteiger partial charge is 0.458 e. The summed E-state index contributed by atoms with van der Waals surface area (Å²) in [5.41, 5.74) is 0.0302. The Morgan fingerprint density at radius 1 is 1.23 bits per heavy atom. The number of carbonyl (C=O) groups is 1. The second kappa shape index (κ2) is 4.39. The van der Waals surface area contributed by atoms with E-state index in [1.165, 1.54) is 25.7 Å². The van der Waals surface area contributed by atoms with E-state index in [0.29, 0.717) is 17.8 Å². The van der Waals surface area contributed by atoms with Crippen molar-refractivity contribution < 1.29 is 9.53 Å². The zero-order valence-electron chi connectivity index (χ0n) is 14.5. The van der Waals surface area contributed by atoms with E-state index >= 15 is 0 Å². The molecule has 0 spiro atoms. The Morgan fingerprint density at radius 2 is 2.00 bits per heavy atom. The van der Waals surface area contributed by atoms with Gasteiger partial charge >= 0.3 is 5.97 Å². The summed E-state index contributed by atoms with van der Waals surface area (Å²) >= 11 is 0. The first-order valence-corrected chi connectivity index (χ1v) is 9.24. The molecular weight excluding hydrogens is 272 g/mol. The van der Waals surface area contributed by atoms with Crippen LogP contribution in [0.3, 0.4) is 0 Å². The Bertz CT molecular complexity index is 527. The second-order valence-electron chi connectivity index (χ2n) is 9.21. The smallest absolute Gasteiger partial charge is 0.310 e. The second-order valence-corrected chi connectivity index (χ2v) is 9.21. The molecule has 122 valence electrons. The van der Waals surface area contributed by atoms with Gasteiger partial charge in [-0.3, -0.25) is 4.79 Å². The van der Waals surface area contributed by atoms with Gasteiger partial charge in [0.15, 0.2) is 0 Å².